The van der Waals surface area contributed by atoms with E-state index in [9.17, 15) is 13.2 Å². The molecule has 0 aliphatic heterocycles. The molecule has 0 aromatic rings. The maximum Gasteiger partial charge on any atom is 0.422 e. The zero-order valence-electron chi connectivity index (χ0n) is 10.2. The number of carbonyl (C=O) groups is 1. The highest BCUT2D eigenvalue weighted by Crippen LogP contribution is 2.06. The number of carbonyl (C=O) groups excluding carboxylic acids is 1. The molecule has 2 N–H and O–H groups in total. The summed E-state index contributed by atoms with van der Waals surface area (Å²) in [6, 6.07) is 0. The van der Waals surface area contributed by atoms with E-state index in [1.807, 2.05) is 6.92 Å². The average Bonchev–Trinajstić information content (AvgIpc) is 2.13. The van der Waals surface area contributed by atoms with Gasteiger partial charge in [0.15, 0.2) is 0 Å². The average molecular weight is 331 g/mol. The molecule has 0 aliphatic rings. The van der Waals surface area contributed by atoms with Gasteiger partial charge in [0.05, 0.1) is 6.10 Å². The summed E-state index contributed by atoms with van der Waals surface area (Å²) >= 11 is 3.33. The van der Waals surface area contributed by atoms with Crippen LogP contribution in [-0.4, -0.2) is 32.0 Å². The van der Waals surface area contributed by atoms with Gasteiger partial charge in [-0.2, -0.15) is 13.1 Å². The molecule has 0 rings (SSSR count). The third-order valence-corrected chi connectivity index (χ3v) is 3.42. The molecule has 0 spiro atoms. The van der Waals surface area contributed by atoms with Gasteiger partial charge in [0.1, 0.15) is 0 Å². The Hall–Kier alpha value is -0.340. The number of nitrogens with one attached hydrogen (secondary N) is 2. The van der Waals surface area contributed by atoms with Crippen molar-refractivity contribution in [2.75, 3.05) is 6.54 Å². The smallest absolute Gasteiger partial charge is 0.422 e. The largest absolute Gasteiger partial charge is 0.446 e. The molecule has 0 fully saturated rings. The molecule has 6 nitrogen and oxygen atoms in total. The summed E-state index contributed by atoms with van der Waals surface area (Å²) < 4.78 is 31.5. The van der Waals surface area contributed by atoms with Gasteiger partial charge in [-0.1, -0.05) is 29.3 Å². The molecule has 0 radical (unpaired) electrons. The monoisotopic (exact) mass is 330 g/mol. The van der Waals surface area contributed by atoms with E-state index < -0.39 is 16.3 Å². The van der Waals surface area contributed by atoms with Crippen LogP contribution in [0.2, 0.25) is 0 Å². The van der Waals surface area contributed by atoms with E-state index in [1.165, 1.54) is 0 Å². The second-order valence-corrected chi connectivity index (χ2v) is 6.59. The zero-order valence-corrected chi connectivity index (χ0v) is 12.6. The van der Waals surface area contributed by atoms with Crippen molar-refractivity contribution in [3.63, 3.8) is 0 Å². The van der Waals surface area contributed by atoms with Crippen molar-refractivity contribution in [2.24, 2.45) is 0 Å². The summed E-state index contributed by atoms with van der Waals surface area (Å²) in [7, 11) is -3.84. The molecular formula is C9H19BrN2O4S. The first kappa shape index (κ1) is 16.7. The quantitative estimate of drug-likeness (QED) is 0.693. The lowest BCUT2D eigenvalue weighted by Crippen LogP contribution is -2.43. The lowest BCUT2D eigenvalue weighted by molar-refractivity contribution is 0.121. The SMILES string of the molecule is CCCC(Br)CNS(=O)(=O)NC(=O)OC(C)C. The molecular weight excluding hydrogens is 312 g/mol. The van der Waals surface area contributed by atoms with Gasteiger partial charge in [-0.3, -0.25) is 0 Å². The highest BCUT2D eigenvalue weighted by molar-refractivity contribution is 9.09. The van der Waals surface area contributed by atoms with Gasteiger partial charge < -0.3 is 4.74 Å². The first-order valence-corrected chi connectivity index (χ1v) is 7.78. The normalized spacial score (nSPS) is 13.5. The Morgan fingerprint density at radius 3 is 2.47 bits per heavy atom. The van der Waals surface area contributed by atoms with Crippen LogP contribution >= 0.6 is 15.9 Å². The third-order valence-electron chi connectivity index (χ3n) is 1.66. The minimum absolute atomic E-state index is 0.0465. The molecule has 0 aromatic carbocycles. The fraction of sp³-hybridized carbons (Fsp3) is 0.889. The first-order valence-electron chi connectivity index (χ1n) is 5.39. The zero-order chi connectivity index (χ0) is 13.5. The number of amides is 1. The van der Waals surface area contributed by atoms with Crippen molar-refractivity contribution < 1.29 is 17.9 Å². The number of hydrogen-bond donors (Lipinski definition) is 2. The predicted octanol–water partition coefficient (Wildman–Crippen LogP) is 1.52. The molecule has 8 heteroatoms. The standard InChI is InChI=1S/C9H19BrN2O4S/c1-4-5-8(10)6-11-17(14,15)12-9(13)16-7(2)3/h7-8,11H,4-6H2,1-3H3,(H,12,13). The Morgan fingerprint density at radius 2 is 2.00 bits per heavy atom. The maximum atomic E-state index is 11.4. The van der Waals surface area contributed by atoms with Gasteiger partial charge in [-0.15, -0.1) is 0 Å². The number of ether oxygens (including phenoxy) is 1. The van der Waals surface area contributed by atoms with Gasteiger partial charge in [0.25, 0.3) is 0 Å². The highest BCUT2D eigenvalue weighted by Gasteiger charge is 2.17. The maximum absolute atomic E-state index is 11.4. The minimum Gasteiger partial charge on any atom is -0.446 e. The lowest BCUT2D eigenvalue weighted by Gasteiger charge is -2.12. The Kier molecular flexibility index (Phi) is 7.73. The van der Waals surface area contributed by atoms with Crippen LogP contribution in [0.3, 0.4) is 0 Å². The molecule has 0 saturated heterocycles. The van der Waals surface area contributed by atoms with E-state index in [2.05, 4.69) is 25.4 Å². The predicted molar refractivity (Wildman–Crippen MR) is 69.3 cm³/mol. The van der Waals surface area contributed by atoms with E-state index in [1.54, 1.807) is 18.6 Å². The molecule has 1 amide bonds. The summed E-state index contributed by atoms with van der Waals surface area (Å²) in [5, 5.41) is 0. The van der Waals surface area contributed by atoms with Crippen LogP contribution in [0.4, 0.5) is 4.79 Å². The number of rotatable bonds is 7. The Balaban J connectivity index is 4.08. The molecule has 0 saturated carbocycles. The van der Waals surface area contributed by atoms with Crippen molar-refractivity contribution in [1.82, 2.24) is 9.44 Å². The van der Waals surface area contributed by atoms with Gasteiger partial charge in [0, 0.05) is 11.4 Å². The number of halogens is 1. The third kappa shape index (κ3) is 9.37. The second-order valence-electron chi connectivity index (χ2n) is 3.79. The number of alkyl halides is 1. The molecule has 0 heterocycles. The first-order chi connectivity index (χ1) is 7.76. The van der Waals surface area contributed by atoms with E-state index in [0.717, 1.165) is 12.8 Å². The Morgan fingerprint density at radius 1 is 1.41 bits per heavy atom. The van der Waals surface area contributed by atoms with Crippen LogP contribution < -0.4 is 9.44 Å². The van der Waals surface area contributed by atoms with Crippen molar-refractivity contribution in [3.05, 3.63) is 0 Å². The summed E-state index contributed by atoms with van der Waals surface area (Å²) in [5.74, 6) is 0. The molecule has 1 atom stereocenters. The van der Waals surface area contributed by atoms with Gasteiger partial charge in [-0.25, -0.2) is 9.52 Å². The summed E-state index contributed by atoms with van der Waals surface area (Å²) in [5.41, 5.74) is 0. The van der Waals surface area contributed by atoms with Crippen molar-refractivity contribution >= 4 is 32.2 Å². The second kappa shape index (κ2) is 7.88. The van der Waals surface area contributed by atoms with Crippen molar-refractivity contribution in [2.45, 2.75) is 44.5 Å². The Labute approximate surface area is 111 Å². The fourth-order valence-corrected chi connectivity index (χ4v) is 2.59. The topological polar surface area (TPSA) is 84.5 Å². The van der Waals surface area contributed by atoms with E-state index in [4.69, 9.17) is 0 Å². The molecule has 0 bridgehead atoms. The number of hydrogen-bond acceptors (Lipinski definition) is 4. The van der Waals surface area contributed by atoms with E-state index in [-0.39, 0.29) is 17.5 Å². The summed E-state index contributed by atoms with van der Waals surface area (Å²) in [4.78, 5) is 11.1. The van der Waals surface area contributed by atoms with Crippen LogP contribution in [0, 0.1) is 0 Å². The van der Waals surface area contributed by atoms with E-state index in [0.29, 0.717) is 0 Å². The van der Waals surface area contributed by atoms with Crippen molar-refractivity contribution in [3.8, 4) is 0 Å². The van der Waals surface area contributed by atoms with Crippen LogP contribution in [0.1, 0.15) is 33.6 Å². The Bertz CT molecular complexity index is 332. The van der Waals surface area contributed by atoms with Gasteiger partial charge >= 0.3 is 16.3 Å². The molecule has 1 unspecified atom stereocenters. The minimum atomic E-state index is -3.84. The van der Waals surface area contributed by atoms with Crippen LogP contribution in [0.25, 0.3) is 0 Å². The molecule has 0 aliphatic carbocycles. The van der Waals surface area contributed by atoms with Gasteiger partial charge in [-0.05, 0) is 20.3 Å². The summed E-state index contributed by atoms with van der Waals surface area (Å²) in [6.45, 7) is 5.49. The van der Waals surface area contributed by atoms with Crippen LogP contribution in [0.15, 0.2) is 0 Å². The fourth-order valence-electron chi connectivity index (χ4n) is 0.999. The molecule has 17 heavy (non-hydrogen) atoms. The molecule has 102 valence electrons. The lowest BCUT2D eigenvalue weighted by atomic mass is 10.2. The molecule has 0 aromatic heterocycles. The van der Waals surface area contributed by atoms with Crippen LogP contribution in [-0.2, 0) is 14.9 Å². The van der Waals surface area contributed by atoms with Crippen molar-refractivity contribution in [1.29, 1.82) is 0 Å². The van der Waals surface area contributed by atoms with Gasteiger partial charge in [0.2, 0.25) is 0 Å². The highest BCUT2D eigenvalue weighted by atomic mass is 79.9. The van der Waals surface area contributed by atoms with E-state index >= 15 is 0 Å². The van der Waals surface area contributed by atoms with Crippen LogP contribution in [0.5, 0.6) is 0 Å². The summed E-state index contributed by atoms with van der Waals surface area (Å²) in [6.07, 6.45) is 0.447.